The molecule has 1 N–H and O–H groups in total. The first-order chi connectivity index (χ1) is 13.8. The molecule has 0 radical (unpaired) electrons. The van der Waals surface area contributed by atoms with Crippen molar-refractivity contribution in [2.24, 2.45) is 5.92 Å². The summed E-state index contributed by atoms with van der Waals surface area (Å²) in [5.41, 5.74) is 1.69. The Hall–Kier alpha value is -2.87. The van der Waals surface area contributed by atoms with Crippen LogP contribution in [0.15, 0.2) is 48.5 Å². The summed E-state index contributed by atoms with van der Waals surface area (Å²) >= 11 is 0. The summed E-state index contributed by atoms with van der Waals surface area (Å²) in [6.45, 7) is 1.58. The SMILES string of the molecule is Cc1ccc(Oc2ccc(NC(=O)COC(=O)C[C@H]3CCS(=O)(=O)C3)cc2)cc1. The maximum Gasteiger partial charge on any atom is 0.306 e. The highest BCUT2D eigenvalue weighted by Gasteiger charge is 2.29. The molecule has 0 unspecified atom stereocenters. The van der Waals surface area contributed by atoms with Gasteiger partial charge in [-0.3, -0.25) is 9.59 Å². The van der Waals surface area contributed by atoms with Crippen LogP contribution < -0.4 is 10.1 Å². The molecule has 7 nitrogen and oxygen atoms in total. The van der Waals surface area contributed by atoms with Gasteiger partial charge in [-0.15, -0.1) is 0 Å². The highest BCUT2D eigenvalue weighted by Crippen LogP contribution is 2.24. The molecule has 0 aromatic heterocycles. The summed E-state index contributed by atoms with van der Waals surface area (Å²) in [6.07, 6.45) is 0.470. The van der Waals surface area contributed by atoms with Gasteiger partial charge in [0, 0.05) is 12.1 Å². The summed E-state index contributed by atoms with van der Waals surface area (Å²) in [5, 5.41) is 2.63. The molecule has 1 aliphatic heterocycles. The maximum absolute atomic E-state index is 11.9. The first kappa shape index (κ1) is 20.9. The van der Waals surface area contributed by atoms with Crippen LogP contribution in [0.25, 0.3) is 0 Å². The molecule has 1 heterocycles. The van der Waals surface area contributed by atoms with Crippen LogP contribution in [0.4, 0.5) is 5.69 Å². The van der Waals surface area contributed by atoms with E-state index >= 15 is 0 Å². The first-order valence-electron chi connectivity index (χ1n) is 9.29. The second-order valence-electron chi connectivity index (χ2n) is 7.12. The van der Waals surface area contributed by atoms with Crippen molar-refractivity contribution in [3.8, 4) is 11.5 Å². The van der Waals surface area contributed by atoms with Crippen molar-refractivity contribution in [1.82, 2.24) is 0 Å². The number of anilines is 1. The lowest BCUT2D eigenvalue weighted by molar-refractivity contribution is -0.148. The van der Waals surface area contributed by atoms with Crippen molar-refractivity contribution in [1.29, 1.82) is 0 Å². The Morgan fingerprint density at radius 1 is 1.03 bits per heavy atom. The smallest absolute Gasteiger partial charge is 0.306 e. The predicted molar refractivity (Wildman–Crippen MR) is 109 cm³/mol. The number of esters is 1. The summed E-state index contributed by atoms with van der Waals surface area (Å²) < 4.78 is 33.5. The zero-order valence-electron chi connectivity index (χ0n) is 16.1. The largest absolute Gasteiger partial charge is 0.457 e. The zero-order valence-corrected chi connectivity index (χ0v) is 16.9. The van der Waals surface area contributed by atoms with Gasteiger partial charge in [-0.2, -0.15) is 0 Å². The van der Waals surface area contributed by atoms with E-state index in [1.807, 2.05) is 31.2 Å². The quantitative estimate of drug-likeness (QED) is 0.695. The number of benzene rings is 2. The van der Waals surface area contributed by atoms with Gasteiger partial charge in [0.2, 0.25) is 0 Å². The lowest BCUT2D eigenvalue weighted by atomic mass is 10.1. The molecule has 0 aliphatic carbocycles. The molecule has 2 aromatic rings. The Morgan fingerprint density at radius 2 is 1.66 bits per heavy atom. The maximum atomic E-state index is 11.9. The van der Waals surface area contributed by atoms with Gasteiger partial charge in [-0.25, -0.2) is 8.42 Å². The fourth-order valence-corrected chi connectivity index (χ4v) is 4.88. The van der Waals surface area contributed by atoms with Crippen LogP contribution in [-0.2, 0) is 24.2 Å². The minimum atomic E-state index is -3.04. The van der Waals surface area contributed by atoms with Crippen LogP contribution in [0.5, 0.6) is 11.5 Å². The molecule has 0 bridgehead atoms. The molecule has 1 fully saturated rings. The fourth-order valence-electron chi connectivity index (χ4n) is 3.02. The summed E-state index contributed by atoms with van der Waals surface area (Å²) in [6, 6.07) is 14.5. The number of nitrogens with one attached hydrogen (secondary N) is 1. The minimum Gasteiger partial charge on any atom is -0.457 e. The zero-order chi connectivity index (χ0) is 20.9. The van der Waals surface area contributed by atoms with Crippen molar-refractivity contribution in [2.75, 3.05) is 23.4 Å². The molecule has 1 amide bonds. The van der Waals surface area contributed by atoms with E-state index < -0.39 is 28.3 Å². The van der Waals surface area contributed by atoms with E-state index in [9.17, 15) is 18.0 Å². The number of carbonyl (C=O) groups is 2. The monoisotopic (exact) mass is 417 g/mol. The second kappa shape index (κ2) is 9.09. The lowest BCUT2D eigenvalue weighted by Gasteiger charge is -2.10. The van der Waals surface area contributed by atoms with Gasteiger partial charge in [-0.05, 0) is 55.7 Å². The average Bonchev–Trinajstić information content (AvgIpc) is 3.02. The third-order valence-corrected chi connectivity index (χ3v) is 6.38. The van der Waals surface area contributed by atoms with Gasteiger partial charge >= 0.3 is 5.97 Å². The number of ether oxygens (including phenoxy) is 2. The number of rotatable bonds is 7. The number of hydrogen-bond acceptors (Lipinski definition) is 6. The van der Waals surface area contributed by atoms with Crippen molar-refractivity contribution >= 4 is 27.4 Å². The Morgan fingerprint density at radius 3 is 2.24 bits per heavy atom. The minimum absolute atomic E-state index is 0.00526. The van der Waals surface area contributed by atoms with Crippen LogP contribution in [0.1, 0.15) is 18.4 Å². The molecule has 3 rings (SSSR count). The number of sulfone groups is 1. The van der Waals surface area contributed by atoms with Crippen LogP contribution in [0.2, 0.25) is 0 Å². The standard InChI is InChI=1S/C21H23NO6S/c1-15-2-6-18(7-3-15)28-19-8-4-17(5-9-19)22-20(23)13-27-21(24)12-16-10-11-29(25,26)14-16/h2-9,16H,10-14H2,1H3,(H,22,23)/t16-/m1/s1. The molecule has 1 saturated heterocycles. The number of aryl methyl sites for hydroxylation is 1. The molecule has 0 saturated carbocycles. The molecule has 2 aromatic carbocycles. The molecule has 1 aliphatic rings. The number of amides is 1. The molecular weight excluding hydrogens is 394 g/mol. The molecule has 0 spiro atoms. The Balaban J connectivity index is 1.42. The van der Waals surface area contributed by atoms with E-state index in [1.54, 1.807) is 24.3 Å². The normalized spacial score (nSPS) is 17.5. The van der Waals surface area contributed by atoms with Crippen LogP contribution >= 0.6 is 0 Å². The van der Waals surface area contributed by atoms with Crippen molar-refractivity contribution in [2.45, 2.75) is 19.8 Å². The highest BCUT2D eigenvalue weighted by atomic mass is 32.2. The molecular formula is C21H23NO6S. The first-order valence-corrected chi connectivity index (χ1v) is 11.1. The topological polar surface area (TPSA) is 98.8 Å². The van der Waals surface area contributed by atoms with Gasteiger partial charge in [0.15, 0.2) is 16.4 Å². The van der Waals surface area contributed by atoms with Gasteiger partial charge in [-0.1, -0.05) is 17.7 Å². The number of carbonyl (C=O) groups excluding carboxylic acids is 2. The lowest BCUT2D eigenvalue weighted by Crippen LogP contribution is -2.22. The summed E-state index contributed by atoms with van der Waals surface area (Å²) in [4.78, 5) is 23.7. The van der Waals surface area contributed by atoms with Gasteiger partial charge in [0.05, 0.1) is 11.5 Å². The van der Waals surface area contributed by atoms with Crippen LogP contribution in [0.3, 0.4) is 0 Å². The second-order valence-corrected chi connectivity index (χ2v) is 9.35. The van der Waals surface area contributed by atoms with Crippen molar-refractivity contribution < 1.29 is 27.5 Å². The molecule has 154 valence electrons. The molecule has 29 heavy (non-hydrogen) atoms. The number of hydrogen-bond donors (Lipinski definition) is 1. The van der Waals surface area contributed by atoms with E-state index in [2.05, 4.69) is 5.32 Å². The Bertz CT molecular complexity index is 967. The Kier molecular flexibility index (Phi) is 6.53. The van der Waals surface area contributed by atoms with E-state index in [-0.39, 0.29) is 23.8 Å². The Labute approximate surface area is 169 Å². The molecule has 1 atom stereocenters. The van der Waals surface area contributed by atoms with E-state index in [1.165, 1.54) is 0 Å². The van der Waals surface area contributed by atoms with Gasteiger partial charge in [0.1, 0.15) is 11.5 Å². The van der Waals surface area contributed by atoms with Crippen LogP contribution in [0, 0.1) is 12.8 Å². The van der Waals surface area contributed by atoms with Crippen LogP contribution in [-0.4, -0.2) is 38.4 Å². The third kappa shape index (κ3) is 6.60. The summed E-state index contributed by atoms with van der Waals surface area (Å²) in [7, 11) is -3.04. The molecule has 8 heteroatoms. The highest BCUT2D eigenvalue weighted by molar-refractivity contribution is 7.91. The van der Waals surface area contributed by atoms with Gasteiger partial charge < -0.3 is 14.8 Å². The van der Waals surface area contributed by atoms with Crippen molar-refractivity contribution in [3.63, 3.8) is 0 Å². The van der Waals surface area contributed by atoms with Gasteiger partial charge in [0.25, 0.3) is 5.91 Å². The van der Waals surface area contributed by atoms with E-state index in [0.717, 1.165) is 11.3 Å². The summed E-state index contributed by atoms with van der Waals surface area (Å²) in [5.74, 6) is 0.199. The predicted octanol–water partition coefficient (Wildman–Crippen LogP) is 3.09. The fraction of sp³-hybridized carbons (Fsp3) is 0.333. The third-order valence-electron chi connectivity index (χ3n) is 4.54. The average molecular weight is 417 g/mol. The van der Waals surface area contributed by atoms with E-state index in [4.69, 9.17) is 9.47 Å². The van der Waals surface area contributed by atoms with E-state index in [0.29, 0.717) is 17.9 Å². The van der Waals surface area contributed by atoms with Crippen molar-refractivity contribution in [3.05, 3.63) is 54.1 Å².